The molecule has 0 bridgehead atoms. The van der Waals surface area contributed by atoms with Crippen LogP contribution in [0.15, 0.2) is 71.4 Å². The summed E-state index contributed by atoms with van der Waals surface area (Å²) in [7, 11) is 0. The van der Waals surface area contributed by atoms with Gasteiger partial charge >= 0.3 is 0 Å². The number of amides is 2. The molecule has 4 heterocycles. The molecule has 3 aromatic rings. The second-order valence-electron chi connectivity index (χ2n) is 8.26. The molecule has 2 aromatic carbocycles. The first-order chi connectivity index (χ1) is 16.0. The summed E-state index contributed by atoms with van der Waals surface area (Å²) < 4.78 is 5.39. The summed E-state index contributed by atoms with van der Waals surface area (Å²) in [5.41, 5.74) is 1.99. The van der Waals surface area contributed by atoms with Gasteiger partial charge in [0.25, 0.3) is 0 Å². The molecule has 2 amide bonds. The normalized spacial score (nSPS) is 25.3. The molecule has 8 heteroatoms. The summed E-state index contributed by atoms with van der Waals surface area (Å²) in [5, 5.41) is 0.589. The lowest BCUT2D eigenvalue weighted by atomic mass is 9.87. The van der Waals surface area contributed by atoms with Crippen LogP contribution in [0.2, 0.25) is 10.0 Å². The van der Waals surface area contributed by atoms with Crippen molar-refractivity contribution in [1.29, 1.82) is 0 Å². The van der Waals surface area contributed by atoms with Crippen LogP contribution in [-0.4, -0.2) is 29.7 Å². The van der Waals surface area contributed by atoms with E-state index >= 15 is 0 Å². The molecule has 3 aliphatic heterocycles. The van der Waals surface area contributed by atoms with Crippen molar-refractivity contribution in [2.45, 2.75) is 12.1 Å². The molecule has 0 saturated carbocycles. The van der Waals surface area contributed by atoms with Crippen LogP contribution in [-0.2, 0) is 9.59 Å². The Morgan fingerprint density at radius 2 is 1.70 bits per heavy atom. The van der Waals surface area contributed by atoms with Gasteiger partial charge in [0.15, 0.2) is 5.76 Å². The van der Waals surface area contributed by atoms with Gasteiger partial charge in [0.05, 0.1) is 34.9 Å². The topological polar surface area (TPSA) is 70.8 Å². The number of anilines is 2. The minimum Gasteiger partial charge on any atom is -0.461 e. The van der Waals surface area contributed by atoms with Gasteiger partial charge in [0, 0.05) is 10.7 Å². The predicted octanol–water partition coefficient (Wildman–Crippen LogP) is 4.86. The van der Waals surface area contributed by atoms with E-state index in [9.17, 15) is 14.4 Å². The molecule has 1 aromatic heterocycles. The first-order valence-corrected chi connectivity index (χ1v) is 11.2. The fraction of sp³-hybridized carbons (Fsp3) is 0.160. The van der Waals surface area contributed by atoms with Crippen LogP contribution in [0.3, 0.4) is 0 Å². The lowest BCUT2D eigenvalue weighted by Crippen LogP contribution is -2.48. The molecule has 0 N–H and O–H groups in total. The van der Waals surface area contributed by atoms with Gasteiger partial charge in [-0.2, -0.15) is 0 Å². The number of carbonyl (C=O) groups excluding carboxylic acids is 3. The molecule has 4 atom stereocenters. The Morgan fingerprint density at radius 1 is 0.909 bits per heavy atom. The first-order valence-electron chi connectivity index (χ1n) is 10.4. The van der Waals surface area contributed by atoms with Crippen molar-refractivity contribution in [3.05, 3.63) is 88.3 Å². The Hall–Kier alpha value is -3.35. The minimum atomic E-state index is -0.898. The highest BCUT2D eigenvalue weighted by molar-refractivity contribution is 6.38. The molecule has 0 radical (unpaired) electrons. The highest BCUT2D eigenvalue weighted by atomic mass is 35.5. The highest BCUT2D eigenvalue weighted by Gasteiger charge is 2.64. The molecule has 0 spiro atoms. The quantitative estimate of drug-likeness (QED) is 0.397. The number of hydrogen-bond donors (Lipinski definition) is 0. The number of rotatable bonds is 3. The maximum Gasteiger partial charge on any atom is 0.240 e. The van der Waals surface area contributed by atoms with Gasteiger partial charge < -0.3 is 9.32 Å². The number of halogens is 2. The van der Waals surface area contributed by atoms with E-state index in [1.165, 1.54) is 12.3 Å². The number of Topliss-reactive ketones (excluding diaryl/α,β-unsaturated/α-hetero) is 1. The van der Waals surface area contributed by atoms with Crippen LogP contribution < -0.4 is 9.80 Å². The third kappa shape index (κ3) is 2.84. The van der Waals surface area contributed by atoms with Crippen molar-refractivity contribution in [3.8, 4) is 0 Å². The summed E-state index contributed by atoms with van der Waals surface area (Å²) in [6, 6.07) is 14.1. The fourth-order valence-electron chi connectivity index (χ4n) is 5.28. The van der Waals surface area contributed by atoms with Crippen LogP contribution in [0.25, 0.3) is 6.08 Å². The second kappa shape index (κ2) is 7.33. The minimum absolute atomic E-state index is 0.148. The van der Waals surface area contributed by atoms with E-state index in [1.807, 2.05) is 41.3 Å². The maximum atomic E-state index is 13.8. The highest BCUT2D eigenvalue weighted by Crippen LogP contribution is 2.50. The smallest absolute Gasteiger partial charge is 0.240 e. The largest absolute Gasteiger partial charge is 0.461 e. The summed E-state index contributed by atoms with van der Waals surface area (Å²) in [6.07, 6.45) is 5.25. The number of imide groups is 1. The lowest BCUT2D eigenvalue weighted by molar-refractivity contribution is -0.122. The van der Waals surface area contributed by atoms with Gasteiger partial charge in [0.2, 0.25) is 17.6 Å². The molecule has 0 aliphatic carbocycles. The van der Waals surface area contributed by atoms with Crippen LogP contribution >= 0.6 is 23.2 Å². The molecular formula is C25H16Cl2N2O4. The van der Waals surface area contributed by atoms with E-state index in [0.29, 0.717) is 5.02 Å². The van der Waals surface area contributed by atoms with Gasteiger partial charge in [-0.3, -0.25) is 14.4 Å². The summed E-state index contributed by atoms with van der Waals surface area (Å²) in [4.78, 5) is 44.1. The Labute approximate surface area is 199 Å². The number of furan rings is 1. The Morgan fingerprint density at radius 3 is 2.45 bits per heavy atom. The number of ketones is 1. The van der Waals surface area contributed by atoms with Crippen LogP contribution in [0.5, 0.6) is 0 Å². The molecule has 33 heavy (non-hydrogen) atoms. The van der Waals surface area contributed by atoms with Crippen LogP contribution in [0, 0.1) is 11.8 Å². The summed E-state index contributed by atoms with van der Waals surface area (Å²) in [6.45, 7) is 0. The van der Waals surface area contributed by atoms with Gasteiger partial charge in [0.1, 0.15) is 6.04 Å². The predicted molar refractivity (Wildman–Crippen MR) is 125 cm³/mol. The molecule has 3 aliphatic rings. The second-order valence-corrected chi connectivity index (χ2v) is 9.11. The molecular weight excluding hydrogens is 463 g/mol. The van der Waals surface area contributed by atoms with Gasteiger partial charge in [-0.25, -0.2) is 4.90 Å². The van der Waals surface area contributed by atoms with Crippen LogP contribution in [0.4, 0.5) is 11.4 Å². The van der Waals surface area contributed by atoms with Crippen molar-refractivity contribution in [2.75, 3.05) is 9.80 Å². The van der Waals surface area contributed by atoms with Crippen molar-refractivity contribution in [2.24, 2.45) is 11.8 Å². The molecule has 2 fully saturated rings. The first kappa shape index (κ1) is 20.3. The molecule has 2 saturated heterocycles. The van der Waals surface area contributed by atoms with Crippen molar-refractivity contribution in [1.82, 2.24) is 0 Å². The SMILES string of the molecule is O=C(c1ccco1)[C@@H]1[C@@H]2C(=O)N(c3ccc(Cl)cc3Cl)C(=O)[C@@H]2[C@H]2C=Cc3ccccc3N21. The van der Waals surface area contributed by atoms with Crippen LogP contribution in [0.1, 0.15) is 16.1 Å². The summed E-state index contributed by atoms with van der Waals surface area (Å²) in [5.74, 6) is -2.66. The average molecular weight is 479 g/mol. The lowest BCUT2D eigenvalue weighted by Gasteiger charge is -2.36. The molecule has 6 rings (SSSR count). The number of fused-ring (bicyclic) bond motifs is 5. The van der Waals surface area contributed by atoms with Gasteiger partial charge in [-0.1, -0.05) is 53.6 Å². The molecule has 0 unspecified atom stereocenters. The van der Waals surface area contributed by atoms with Gasteiger partial charge in [-0.05, 0) is 42.0 Å². The molecule has 164 valence electrons. The third-order valence-corrected chi connectivity index (χ3v) is 7.14. The van der Waals surface area contributed by atoms with E-state index in [2.05, 4.69) is 0 Å². The van der Waals surface area contributed by atoms with E-state index in [1.54, 1.807) is 24.3 Å². The Balaban J connectivity index is 1.51. The van der Waals surface area contributed by atoms with E-state index < -0.39 is 29.8 Å². The van der Waals surface area contributed by atoms with E-state index in [4.69, 9.17) is 27.6 Å². The zero-order valence-corrected chi connectivity index (χ0v) is 18.5. The molecule has 6 nitrogen and oxygen atoms in total. The van der Waals surface area contributed by atoms with E-state index in [0.717, 1.165) is 16.2 Å². The number of nitrogens with zero attached hydrogens (tertiary/aromatic N) is 2. The average Bonchev–Trinajstić information content (AvgIpc) is 3.51. The zero-order chi connectivity index (χ0) is 22.9. The zero-order valence-electron chi connectivity index (χ0n) is 17.0. The standard InChI is InChI=1S/C25H16Cl2N2O4/c26-14-8-10-17(15(27)12-14)29-24(31)20-18-9-7-13-4-1-2-5-16(13)28(18)22(21(20)25(29)32)23(30)19-6-3-11-33-19/h1-12,18,20-22H/t18-,20-,21-,22+/m1/s1. The van der Waals surface area contributed by atoms with Gasteiger partial charge in [-0.15, -0.1) is 0 Å². The number of benzene rings is 2. The van der Waals surface area contributed by atoms with Crippen molar-refractivity contribution < 1.29 is 18.8 Å². The fourth-order valence-corrected chi connectivity index (χ4v) is 5.77. The van der Waals surface area contributed by atoms with E-state index in [-0.39, 0.29) is 28.2 Å². The van der Waals surface area contributed by atoms with Crippen molar-refractivity contribution >= 4 is 58.3 Å². The number of para-hydroxylation sites is 1. The Kier molecular flexibility index (Phi) is 4.50. The van der Waals surface area contributed by atoms with Crippen molar-refractivity contribution in [3.63, 3.8) is 0 Å². The maximum absolute atomic E-state index is 13.8. The monoisotopic (exact) mass is 478 g/mol. The number of hydrogen-bond acceptors (Lipinski definition) is 5. The third-order valence-electron chi connectivity index (χ3n) is 6.60. The Bertz CT molecular complexity index is 1350. The number of carbonyl (C=O) groups is 3. The summed E-state index contributed by atoms with van der Waals surface area (Å²) >= 11 is 12.4.